The molecule has 1 aliphatic heterocycles. The average Bonchev–Trinajstić information content (AvgIpc) is 2.81. The minimum absolute atomic E-state index is 0.101. The van der Waals surface area contributed by atoms with Gasteiger partial charge in [-0.3, -0.25) is 0 Å². The lowest BCUT2D eigenvalue weighted by atomic mass is 9.75. The molecule has 25 heavy (non-hydrogen) atoms. The summed E-state index contributed by atoms with van der Waals surface area (Å²) in [6, 6.07) is 0. The van der Waals surface area contributed by atoms with Crippen molar-refractivity contribution in [2.75, 3.05) is 13.1 Å². The topological polar surface area (TPSA) is 38.8 Å². The number of ether oxygens (including phenoxy) is 2. The quantitative estimate of drug-likeness (QED) is 0.431. The Kier molecular flexibility index (Phi) is 7.32. The van der Waals surface area contributed by atoms with Crippen molar-refractivity contribution in [1.29, 1.82) is 0 Å². The monoisotopic (exact) mass is 411 g/mol. The van der Waals surface area contributed by atoms with Gasteiger partial charge in [-0.2, -0.15) is 0 Å². The van der Waals surface area contributed by atoms with Gasteiger partial charge in [-0.05, 0) is 46.5 Å². The molecule has 2 aliphatic rings. The Hall–Kier alpha value is -1.07. The molecule has 1 heterocycles. The second-order valence-electron chi connectivity index (χ2n) is 7.42. The Morgan fingerprint density at radius 2 is 1.96 bits per heavy atom. The van der Waals surface area contributed by atoms with Crippen molar-refractivity contribution in [2.24, 2.45) is 17.8 Å². The third-order valence-corrected chi connectivity index (χ3v) is 5.87. The van der Waals surface area contributed by atoms with Crippen LogP contribution in [0.15, 0.2) is 35.5 Å². The van der Waals surface area contributed by atoms with E-state index in [0.29, 0.717) is 35.3 Å². The van der Waals surface area contributed by atoms with Crippen LogP contribution in [0.5, 0.6) is 0 Å². The minimum atomic E-state index is -0.668. The van der Waals surface area contributed by atoms with E-state index in [4.69, 9.17) is 9.47 Å². The minimum Gasteiger partial charge on any atom is -0.426 e. The van der Waals surface area contributed by atoms with Crippen molar-refractivity contribution in [3.63, 3.8) is 0 Å². The standard InChI is InChI=1S/C20H30BrNO3/c1-6-10-22(11-7-2)18-17(21)19(23)25-20(18)24-16-12-14(5)8-9-15(16)13(3)4/h6-7,13-16,20H,1-2,8-12H2,3-5H3/t14-,15+,16-,20+/m1/s1. The van der Waals surface area contributed by atoms with Crippen LogP contribution >= 0.6 is 15.9 Å². The maximum atomic E-state index is 12.1. The van der Waals surface area contributed by atoms with Gasteiger partial charge in [0.25, 0.3) is 0 Å². The molecule has 0 aromatic heterocycles. The molecule has 1 aliphatic carbocycles. The van der Waals surface area contributed by atoms with E-state index in [1.165, 1.54) is 6.42 Å². The molecule has 0 aromatic rings. The van der Waals surface area contributed by atoms with Crippen molar-refractivity contribution in [2.45, 2.75) is 52.4 Å². The van der Waals surface area contributed by atoms with Crippen LogP contribution in [0.3, 0.4) is 0 Å². The predicted octanol–water partition coefficient (Wildman–Crippen LogP) is 4.63. The third-order valence-electron chi connectivity index (χ3n) is 5.14. The first-order valence-electron chi connectivity index (χ1n) is 9.11. The van der Waals surface area contributed by atoms with Crippen LogP contribution in [0.1, 0.15) is 40.0 Å². The van der Waals surface area contributed by atoms with Crippen LogP contribution in [0.25, 0.3) is 0 Å². The van der Waals surface area contributed by atoms with Gasteiger partial charge in [0.15, 0.2) is 0 Å². The van der Waals surface area contributed by atoms with Crippen molar-refractivity contribution in [1.82, 2.24) is 4.90 Å². The van der Waals surface area contributed by atoms with Crippen LogP contribution in [0.4, 0.5) is 0 Å². The van der Waals surface area contributed by atoms with E-state index < -0.39 is 6.29 Å². The summed E-state index contributed by atoms with van der Waals surface area (Å²) >= 11 is 3.39. The highest BCUT2D eigenvalue weighted by atomic mass is 79.9. The van der Waals surface area contributed by atoms with Gasteiger partial charge >= 0.3 is 5.97 Å². The first-order valence-corrected chi connectivity index (χ1v) is 9.91. The average molecular weight is 412 g/mol. The summed E-state index contributed by atoms with van der Waals surface area (Å²) in [4.78, 5) is 14.2. The second kappa shape index (κ2) is 9.04. The van der Waals surface area contributed by atoms with Gasteiger partial charge in [-0.1, -0.05) is 39.3 Å². The number of halogens is 1. The molecule has 0 spiro atoms. The number of hydrogen-bond acceptors (Lipinski definition) is 4. The first-order chi connectivity index (χ1) is 11.9. The van der Waals surface area contributed by atoms with Crippen LogP contribution in [0, 0.1) is 17.8 Å². The van der Waals surface area contributed by atoms with E-state index >= 15 is 0 Å². The summed E-state index contributed by atoms with van der Waals surface area (Å²) < 4.78 is 12.4. The molecule has 0 bridgehead atoms. The molecule has 0 saturated heterocycles. The number of nitrogens with zero attached hydrogens (tertiary/aromatic N) is 1. The Bertz CT molecular complexity index is 533. The molecular formula is C20H30BrNO3. The molecule has 0 N–H and O–H groups in total. The highest BCUT2D eigenvalue weighted by Crippen LogP contribution is 2.39. The number of hydrogen-bond donors (Lipinski definition) is 0. The van der Waals surface area contributed by atoms with E-state index in [1.807, 2.05) is 4.90 Å². The van der Waals surface area contributed by atoms with Gasteiger partial charge in [-0.25, -0.2) is 4.79 Å². The fourth-order valence-electron chi connectivity index (χ4n) is 3.81. The summed E-state index contributed by atoms with van der Waals surface area (Å²) in [5.41, 5.74) is 0.741. The lowest BCUT2D eigenvalue weighted by molar-refractivity contribution is -0.184. The fraction of sp³-hybridized carbons (Fsp3) is 0.650. The Morgan fingerprint density at radius 1 is 1.32 bits per heavy atom. The molecule has 0 aromatic carbocycles. The second-order valence-corrected chi connectivity index (χ2v) is 8.21. The fourth-order valence-corrected chi connectivity index (χ4v) is 4.34. The van der Waals surface area contributed by atoms with E-state index in [0.717, 1.165) is 18.5 Å². The first kappa shape index (κ1) is 20.2. The number of carbonyl (C=O) groups excluding carboxylic acids is 1. The lowest BCUT2D eigenvalue weighted by Gasteiger charge is -2.39. The van der Waals surface area contributed by atoms with Crippen LogP contribution < -0.4 is 0 Å². The SMILES string of the molecule is C=CCN(CC=C)C1=C(Br)C(=O)O[C@@H]1O[C@@H]1C[C@H](C)CC[C@H]1C(C)C. The smallest absolute Gasteiger partial charge is 0.349 e. The highest BCUT2D eigenvalue weighted by Gasteiger charge is 2.41. The molecule has 0 unspecified atom stereocenters. The van der Waals surface area contributed by atoms with Crippen LogP contribution in [-0.2, 0) is 14.3 Å². The van der Waals surface area contributed by atoms with Crippen LogP contribution in [0.2, 0.25) is 0 Å². The molecule has 4 atom stereocenters. The number of cyclic esters (lactones) is 1. The zero-order valence-corrected chi connectivity index (χ0v) is 17.1. The molecule has 0 radical (unpaired) electrons. The molecule has 2 rings (SSSR count). The molecule has 1 fully saturated rings. The molecule has 140 valence electrons. The van der Waals surface area contributed by atoms with Gasteiger partial charge in [0, 0.05) is 13.1 Å². The van der Waals surface area contributed by atoms with Crippen molar-refractivity contribution in [3.05, 3.63) is 35.5 Å². The largest absolute Gasteiger partial charge is 0.426 e. The normalized spacial score (nSPS) is 29.7. The van der Waals surface area contributed by atoms with Gasteiger partial charge in [0.2, 0.25) is 6.29 Å². The van der Waals surface area contributed by atoms with Gasteiger partial charge in [0.05, 0.1) is 6.10 Å². The third kappa shape index (κ3) is 4.76. The Labute approximate surface area is 160 Å². The predicted molar refractivity (Wildman–Crippen MR) is 104 cm³/mol. The molecule has 5 heteroatoms. The van der Waals surface area contributed by atoms with Crippen molar-refractivity contribution in [3.8, 4) is 0 Å². The summed E-state index contributed by atoms with van der Waals surface area (Å²) in [6.07, 6.45) is 6.44. The molecule has 0 amide bonds. The Balaban J connectivity index is 2.22. The maximum Gasteiger partial charge on any atom is 0.349 e. The number of rotatable bonds is 8. The summed E-state index contributed by atoms with van der Waals surface area (Å²) in [6.45, 7) is 15.6. The number of esters is 1. The lowest BCUT2D eigenvalue weighted by Crippen LogP contribution is -2.40. The number of carbonyl (C=O) groups is 1. The molecule has 1 saturated carbocycles. The van der Waals surface area contributed by atoms with Gasteiger partial charge in [-0.15, -0.1) is 13.2 Å². The highest BCUT2D eigenvalue weighted by molar-refractivity contribution is 9.12. The van der Waals surface area contributed by atoms with Crippen molar-refractivity contribution >= 4 is 21.9 Å². The van der Waals surface area contributed by atoms with E-state index in [9.17, 15) is 4.79 Å². The van der Waals surface area contributed by atoms with Crippen LogP contribution in [-0.4, -0.2) is 36.4 Å². The summed E-state index contributed by atoms with van der Waals surface area (Å²) in [5, 5.41) is 0. The summed E-state index contributed by atoms with van der Waals surface area (Å²) in [7, 11) is 0. The Morgan fingerprint density at radius 3 is 2.52 bits per heavy atom. The molecular weight excluding hydrogens is 382 g/mol. The van der Waals surface area contributed by atoms with E-state index in [2.05, 4.69) is 49.9 Å². The summed E-state index contributed by atoms with van der Waals surface area (Å²) in [5.74, 6) is 1.29. The van der Waals surface area contributed by atoms with Gasteiger partial charge < -0.3 is 14.4 Å². The molecule has 4 nitrogen and oxygen atoms in total. The van der Waals surface area contributed by atoms with Gasteiger partial charge in [0.1, 0.15) is 10.2 Å². The zero-order chi connectivity index (χ0) is 18.6. The maximum absolute atomic E-state index is 12.1. The zero-order valence-electron chi connectivity index (χ0n) is 15.5. The van der Waals surface area contributed by atoms with E-state index in [1.54, 1.807) is 12.2 Å². The van der Waals surface area contributed by atoms with E-state index in [-0.39, 0.29) is 12.1 Å². The van der Waals surface area contributed by atoms with Crippen molar-refractivity contribution < 1.29 is 14.3 Å².